The first-order valence-corrected chi connectivity index (χ1v) is 9.80. The number of amides is 1. The van der Waals surface area contributed by atoms with Crippen LogP contribution in [0.2, 0.25) is 0 Å². The molecule has 4 bridgehead atoms. The minimum atomic E-state index is -0.599. The Bertz CT molecular complexity index is 564. The second-order valence-corrected chi connectivity index (χ2v) is 7.85. The summed E-state index contributed by atoms with van der Waals surface area (Å²) in [5.41, 5.74) is 0.345. The summed E-state index contributed by atoms with van der Waals surface area (Å²) in [6.07, 6.45) is 2.85. The number of fused-ring (bicyclic) bond motifs is 1. The van der Waals surface area contributed by atoms with Crippen molar-refractivity contribution in [1.82, 2.24) is 10.2 Å². The van der Waals surface area contributed by atoms with Crippen LogP contribution in [0.4, 0.5) is 4.79 Å². The van der Waals surface area contributed by atoms with E-state index in [0.29, 0.717) is 13.0 Å². The zero-order chi connectivity index (χ0) is 18.3. The van der Waals surface area contributed by atoms with Crippen LogP contribution in [0.5, 0.6) is 0 Å². The molecule has 1 aliphatic carbocycles. The number of piperidine rings is 1. The van der Waals surface area contributed by atoms with Crippen LogP contribution in [-0.4, -0.2) is 68.6 Å². The number of likely N-dealkylation sites (tertiary alicyclic amines) is 1. The maximum atomic E-state index is 12.2. The summed E-state index contributed by atoms with van der Waals surface area (Å²) in [5.74, 6) is 0.183. The molecule has 7 heteroatoms. The quantitative estimate of drug-likeness (QED) is 0.749. The summed E-state index contributed by atoms with van der Waals surface area (Å²) in [6.45, 7) is 9.47. The van der Waals surface area contributed by atoms with E-state index in [4.69, 9.17) is 18.9 Å². The second-order valence-electron chi connectivity index (χ2n) is 7.85. The Morgan fingerprint density at radius 3 is 2.85 bits per heavy atom. The van der Waals surface area contributed by atoms with E-state index in [1.165, 1.54) is 19.3 Å². The molecule has 5 rings (SSSR count). The first-order chi connectivity index (χ1) is 12.6. The van der Waals surface area contributed by atoms with Crippen molar-refractivity contribution in [3.8, 4) is 0 Å². The van der Waals surface area contributed by atoms with Crippen molar-refractivity contribution in [3.05, 3.63) is 12.2 Å². The Hall–Kier alpha value is -1.15. The van der Waals surface area contributed by atoms with Gasteiger partial charge >= 0.3 is 6.09 Å². The number of ether oxygens (including phenoxy) is 4. The van der Waals surface area contributed by atoms with Gasteiger partial charge in [-0.2, -0.15) is 0 Å². The van der Waals surface area contributed by atoms with E-state index in [2.05, 4.69) is 16.8 Å². The van der Waals surface area contributed by atoms with Crippen molar-refractivity contribution in [2.75, 3.05) is 33.3 Å². The van der Waals surface area contributed by atoms with E-state index >= 15 is 0 Å². The Kier molecular flexibility index (Phi) is 4.98. The van der Waals surface area contributed by atoms with E-state index in [0.717, 1.165) is 25.2 Å². The molecule has 0 aromatic heterocycles. The number of rotatable bonds is 5. The third kappa shape index (κ3) is 2.85. The van der Waals surface area contributed by atoms with Gasteiger partial charge in [-0.15, -0.1) is 0 Å². The van der Waals surface area contributed by atoms with Crippen molar-refractivity contribution < 1.29 is 23.7 Å². The van der Waals surface area contributed by atoms with Gasteiger partial charge in [-0.1, -0.05) is 13.0 Å². The third-order valence-electron chi connectivity index (χ3n) is 6.39. The van der Waals surface area contributed by atoms with Crippen molar-refractivity contribution in [3.63, 3.8) is 0 Å². The van der Waals surface area contributed by atoms with Crippen molar-refractivity contribution in [2.24, 2.45) is 11.8 Å². The van der Waals surface area contributed by atoms with Crippen molar-refractivity contribution in [2.45, 2.75) is 56.9 Å². The fourth-order valence-corrected chi connectivity index (χ4v) is 5.24. The molecule has 4 aliphatic heterocycles. The lowest BCUT2D eigenvalue weighted by atomic mass is 9.76. The largest absolute Gasteiger partial charge is 0.443 e. The Labute approximate surface area is 155 Å². The summed E-state index contributed by atoms with van der Waals surface area (Å²) in [5, 5.41) is 2.74. The molecule has 1 amide bonds. The normalized spacial score (nSPS) is 42.1. The average Bonchev–Trinajstić information content (AvgIpc) is 2.90. The van der Waals surface area contributed by atoms with Crippen LogP contribution in [0.25, 0.3) is 0 Å². The van der Waals surface area contributed by atoms with Gasteiger partial charge in [0, 0.05) is 20.2 Å². The van der Waals surface area contributed by atoms with E-state index in [1.807, 2.05) is 6.92 Å². The summed E-state index contributed by atoms with van der Waals surface area (Å²) in [6, 6.07) is 0. The van der Waals surface area contributed by atoms with Crippen molar-refractivity contribution in [1.29, 1.82) is 0 Å². The summed E-state index contributed by atoms with van der Waals surface area (Å²) < 4.78 is 23.9. The van der Waals surface area contributed by atoms with Gasteiger partial charge < -0.3 is 29.2 Å². The molecule has 0 spiro atoms. The predicted molar refractivity (Wildman–Crippen MR) is 94.5 cm³/mol. The topological polar surface area (TPSA) is 69.3 Å². The molecule has 0 aromatic carbocycles. The molecule has 5 fully saturated rings. The van der Waals surface area contributed by atoms with Gasteiger partial charge in [-0.3, -0.25) is 0 Å². The lowest BCUT2D eigenvalue weighted by molar-refractivity contribution is -0.375. The molecule has 26 heavy (non-hydrogen) atoms. The maximum absolute atomic E-state index is 12.2. The van der Waals surface area contributed by atoms with Crippen LogP contribution in [0.1, 0.15) is 32.6 Å². The number of hydrogen-bond donors (Lipinski definition) is 1. The van der Waals surface area contributed by atoms with Crippen LogP contribution < -0.4 is 5.32 Å². The van der Waals surface area contributed by atoms with Crippen LogP contribution in [0, 0.1) is 11.8 Å². The lowest BCUT2D eigenvalue weighted by Gasteiger charge is -2.55. The predicted octanol–water partition coefficient (Wildman–Crippen LogP) is 1.88. The Morgan fingerprint density at radius 1 is 1.38 bits per heavy atom. The fourth-order valence-electron chi connectivity index (χ4n) is 5.24. The van der Waals surface area contributed by atoms with Crippen LogP contribution in [0.15, 0.2) is 12.2 Å². The highest BCUT2D eigenvalue weighted by Crippen LogP contribution is 2.59. The second kappa shape index (κ2) is 7.11. The standard InChI is InChI=1S/C19H30N2O5/c1-4-20-18(22)24-14-10-13-12(2)16-25-17(23-3)15(13)19(14,26-16)11-21-8-6-5-7-9-21/h13-17H,2,4-11H2,1,3H3,(H,20,22). The number of nitrogens with zero attached hydrogens (tertiary/aromatic N) is 1. The molecule has 7 nitrogen and oxygen atoms in total. The van der Waals surface area contributed by atoms with E-state index < -0.39 is 11.9 Å². The SMILES string of the molecule is C=C1C2OC(OC)C3C1CC(OC(=O)NCC)C3(CN1CCCCC1)O2. The maximum Gasteiger partial charge on any atom is 0.407 e. The summed E-state index contributed by atoms with van der Waals surface area (Å²) >= 11 is 0. The first-order valence-electron chi connectivity index (χ1n) is 9.80. The molecule has 1 saturated carbocycles. The Morgan fingerprint density at radius 2 is 2.15 bits per heavy atom. The van der Waals surface area contributed by atoms with E-state index in [1.54, 1.807) is 7.11 Å². The molecular formula is C19H30N2O5. The number of nitrogens with one attached hydrogen (secondary N) is 1. The summed E-state index contributed by atoms with van der Waals surface area (Å²) in [4.78, 5) is 14.6. The highest BCUT2D eigenvalue weighted by atomic mass is 16.8. The third-order valence-corrected chi connectivity index (χ3v) is 6.39. The number of carbonyl (C=O) groups is 1. The van der Waals surface area contributed by atoms with Gasteiger partial charge in [-0.05, 0) is 50.8 Å². The molecule has 146 valence electrons. The van der Waals surface area contributed by atoms with Gasteiger partial charge in [0.15, 0.2) is 12.6 Å². The molecule has 0 aromatic rings. The first kappa shape index (κ1) is 18.2. The fraction of sp³-hybridized carbons (Fsp3) is 0.842. The monoisotopic (exact) mass is 366 g/mol. The lowest BCUT2D eigenvalue weighted by Crippen LogP contribution is -2.67. The van der Waals surface area contributed by atoms with Gasteiger partial charge in [0.1, 0.15) is 11.7 Å². The van der Waals surface area contributed by atoms with Gasteiger partial charge in [0.05, 0.1) is 5.92 Å². The van der Waals surface area contributed by atoms with Crippen molar-refractivity contribution >= 4 is 6.09 Å². The molecule has 1 N–H and O–H groups in total. The molecule has 0 radical (unpaired) electrons. The molecule has 4 heterocycles. The van der Waals surface area contributed by atoms with Crippen LogP contribution in [-0.2, 0) is 18.9 Å². The van der Waals surface area contributed by atoms with Gasteiger partial charge in [-0.25, -0.2) is 4.79 Å². The minimum Gasteiger partial charge on any atom is -0.443 e. The highest BCUT2D eigenvalue weighted by molar-refractivity contribution is 5.67. The molecular weight excluding hydrogens is 336 g/mol. The van der Waals surface area contributed by atoms with Crippen LogP contribution in [0.3, 0.4) is 0 Å². The zero-order valence-electron chi connectivity index (χ0n) is 15.7. The minimum absolute atomic E-state index is 0.00801. The number of carbonyl (C=O) groups excluding carboxylic acids is 1. The Balaban J connectivity index is 1.63. The number of methoxy groups -OCH3 is 1. The smallest absolute Gasteiger partial charge is 0.407 e. The highest BCUT2D eigenvalue weighted by Gasteiger charge is 2.70. The zero-order valence-corrected chi connectivity index (χ0v) is 15.7. The van der Waals surface area contributed by atoms with Gasteiger partial charge in [0.2, 0.25) is 0 Å². The van der Waals surface area contributed by atoms with E-state index in [9.17, 15) is 4.79 Å². The van der Waals surface area contributed by atoms with E-state index in [-0.39, 0.29) is 30.3 Å². The molecule has 4 saturated heterocycles. The number of alkyl carbamates (subject to hydrolysis) is 1. The summed E-state index contributed by atoms with van der Waals surface area (Å²) in [7, 11) is 1.67. The van der Waals surface area contributed by atoms with Gasteiger partial charge in [0.25, 0.3) is 0 Å². The molecule has 6 atom stereocenters. The molecule has 5 aliphatic rings. The average molecular weight is 366 g/mol. The molecule has 6 unspecified atom stereocenters. The number of hydrogen-bond acceptors (Lipinski definition) is 6. The van der Waals surface area contributed by atoms with Crippen LogP contribution >= 0.6 is 0 Å².